The van der Waals surface area contributed by atoms with Gasteiger partial charge < -0.3 is 26.2 Å². The molecular formula is C19H16N4O7. The highest BCUT2D eigenvalue weighted by Crippen LogP contribution is 2.52. The number of Topliss-reactive ketones (excluding diaryl/α,β-unsaturated/α-hetero) is 2. The van der Waals surface area contributed by atoms with Crippen molar-refractivity contribution in [2.45, 2.75) is 24.9 Å². The summed E-state index contributed by atoms with van der Waals surface area (Å²) in [5, 5.41) is 46.1. The minimum absolute atomic E-state index is 0.00821. The number of azide groups is 1. The number of nitrogens with zero attached hydrogens (tertiary/aromatic N) is 3. The molecule has 11 heteroatoms. The van der Waals surface area contributed by atoms with Crippen molar-refractivity contribution in [3.63, 3.8) is 0 Å². The maximum atomic E-state index is 13.3. The van der Waals surface area contributed by atoms with Crippen molar-refractivity contribution in [3.8, 4) is 5.75 Å². The van der Waals surface area contributed by atoms with Crippen molar-refractivity contribution in [1.82, 2.24) is 0 Å². The lowest BCUT2D eigenvalue weighted by molar-refractivity contribution is -0.147. The van der Waals surface area contributed by atoms with Crippen LogP contribution < -0.4 is 5.73 Å². The van der Waals surface area contributed by atoms with E-state index < -0.39 is 58.4 Å². The molecule has 1 aromatic rings. The molecule has 1 saturated carbocycles. The number of carbonyl (C=O) groups excluding carboxylic acids is 3. The zero-order chi connectivity index (χ0) is 22.0. The average Bonchev–Trinajstić information content (AvgIpc) is 2.66. The lowest BCUT2D eigenvalue weighted by Crippen LogP contribution is -2.58. The molecule has 1 amide bonds. The summed E-state index contributed by atoms with van der Waals surface area (Å²) in [6.07, 6.45) is -0.309. The number of primary amides is 1. The first-order valence-electron chi connectivity index (χ1n) is 9.00. The van der Waals surface area contributed by atoms with Crippen LogP contribution in [-0.2, 0) is 20.8 Å². The summed E-state index contributed by atoms with van der Waals surface area (Å²) in [5.41, 5.74) is 10.6. The van der Waals surface area contributed by atoms with Crippen LogP contribution in [0.15, 0.2) is 34.2 Å². The summed E-state index contributed by atoms with van der Waals surface area (Å²) in [6, 6.07) is 2.55. The molecule has 3 atom stereocenters. The van der Waals surface area contributed by atoms with Crippen molar-refractivity contribution in [2.75, 3.05) is 0 Å². The molecule has 0 bridgehead atoms. The van der Waals surface area contributed by atoms with E-state index in [0.29, 0.717) is 5.56 Å². The second-order valence-electron chi connectivity index (χ2n) is 7.55. The van der Waals surface area contributed by atoms with E-state index in [2.05, 4.69) is 10.0 Å². The number of aliphatic hydroxyl groups excluding tert-OH is 2. The molecule has 3 aliphatic carbocycles. The third kappa shape index (κ3) is 2.36. The lowest BCUT2D eigenvalue weighted by atomic mass is 9.59. The molecule has 4 rings (SSSR count). The molecule has 3 aliphatic rings. The maximum Gasteiger partial charge on any atom is 0.255 e. The molecule has 1 aromatic carbocycles. The van der Waals surface area contributed by atoms with Gasteiger partial charge >= 0.3 is 0 Å². The Balaban J connectivity index is 1.96. The molecule has 0 spiro atoms. The van der Waals surface area contributed by atoms with Gasteiger partial charge in [0.15, 0.2) is 11.4 Å². The Labute approximate surface area is 168 Å². The monoisotopic (exact) mass is 412 g/mol. The van der Waals surface area contributed by atoms with Gasteiger partial charge in [-0.15, -0.1) is 0 Å². The van der Waals surface area contributed by atoms with Crippen LogP contribution in [0.25, 0.3) is 16.2 Å². The summed E-state index contributed by atoms with van der Waals surface area (Å²) in [7, 11) is 0. The fraction of sp³-hybridized carbons (Fsp3) is 0.316. The summed E-state index contributed by atoms with van der Waals surface area (Å²) in [5.74, 6) is -7.00. The number of benzene rings is 1. The first-order valence-corrected chi connectivity index (χ1v) is 9.00. The number of ketones is 2. The number of hydrogen-bond donors (Lipinski definition) is 5. The minimum Gasteiger partial charge on any atom is -0.508 e. The topological polar surface area (TPSA) is 207 Å². The summed E-state index contributed by atoms with van der Waals surface area (Å²) >= 11 is 0. The van der Waals surface area contributed by atoms with Crippen LogP contribution in [0.2, 0.25) is 0 Å². The molecular weight excluding hydrogens is 396 g/mol. The third-order valence-electron chi connectivity index (χ3n) is 6.07. The van der Waals surface area contributed by atoms with Gasteiger partial charge in [-0.25, -0.2) is 0 Å². The molecule has 0 heterocycles. The van der Waals surface area contributed by atoms with Gasteiger partial charge in [-0.05, 0) is 42.0 Å². The van der Waals surface area contributed by atoms with Crippen LogP contribution in [0.5, 0.6) is 5.75 Å². The van der Waals surface area contributed by atoms with Gasteiger partial charge in [-0.2, -0.15) is 0 Å². The fourth-order valence-electron chi connectivity index (χ4n) is 4.75. The van der Waals surface area contributed by atoms with Gasteiger partial charge in [0.05, 0.1) is 5.56 Å². The number of aliphatic hydroxyl groups is 3. The van der Waals surface area contributed by atoms with E-state index in [4.69, 9.17) is 11.3 Å². The minimum atomic E-state index is -2.60. The van der Waals surface area contributed by atoms with Crippen LogP contribution in [0.4, 0.5) is 5.69 Å². The quantitative estimate of drug-likeness (QED) is 0.208. The highest BCUT2D eigenvalue weighted by molar-refractivity contribution is 6.22. The van der Waals surface area contributed by atoms with E-state index in [1.807, 2.05) is 0 Å². The summed E-state index contributed by atoms with van der Waals surface area (Å²) in [6.45, 7) is 0. The van der Waals surface area contributed by atoms with Gasteiger partial charge in [-0.3, -0.25) is 14.4 Å². The molecule has 6 N–H and O–H groups in total. The number of hydrogen-bond acceptors (Lipinski definition) is 8. The normalized spacial score (nSPS) is 27.8. The summed E-state index contributed by atoms with van der Waals surface area (Å²) in [4.78, 5) is 39.8. The Morgan fingerprint density at radius 1 is 1.23 bits per heavy atom. The highest BCUT2D eigenvalue weighted by Gasteiger charge is 2.60. The van der Waals surface area contributed by atoms with Crippen LogP contribution in [0.3, 0.4) is 0 Å². The van der Waals surface area contributed by atoms with Crippen LogP contribution >= 0.6 is 0 Å². The van der Waals surface area contributed by atoms with Crippen molar-refractivity contribution in [2.24, 2.45) is 22.7 Å². The Kier molecular flexibility index (Phi) is 4.12. The van der Waals surface area contributed by atoms with Gasteiger partial charge in [-0.1, -0.05) is 5.11 Å². The second kappa shape index (κ2) is 6.34. The van der Waals surface area contributed by atoms with Crippen molar-refractivity contribution < 1.29 is 34.8 Å². The van der Waals surface area contributed by atoms with Gasteiger partial charge in [0.25, 0.3) is 5.91 Å². The molecule has 11 nitrogen and oxygen atoms in total. The highest BCUT2D eigenvalue weighted by atomic mass is 16.3. The molecule has 154 valence electrons. The van der Waals surface area contributed by atoms with Gasteiger partial charge in [0, 0.05) is 28.5 Å². The average molecular weight is 412 g/mol. The fourth-order valence-corrected chi connectivity index (χ4v) is 4.75. The van der Waals surface area contributed by atoms with E-state index >= 15 is 0 Å². The summed E-state index contributed by atoms with van der Waals surface area (Å²) < 4.78 is 0. The number of nitrogens with two attached hydrogens (primary N) is 1. The predicted octanol–water partition coefficient (Wildman–Crippen LogP) is 1.37. The number of phenols is 1. The second-order valence-corrected chi connectivity index (χ2v) is 7.55. The number of amides is 1. The lowest BCUT2D eigenvalue weighted by Gasteiger charge is -2.46. The Morgan fingerprint density at radius 3 is 2.57 bits per heavy atom. The Hall–Kier alpha value is -3.82. The maximum absolute atomic E-state index is 13.3. The molecule has 30 heavy (non-hydrogen) atoms. The number of phenolic OH excluding ortho intramolecular Hbond substituents is 1. The van der Waals surface area contributed by atoms with Crippen LogP contribution in [0.1, 0.15) is 24.0 Å². The Bertz CT molecular complexity index is 1160. The van der Waals surface area contributed by atoms with Gasteiger partial charge in [0.2, 0.25) is 5.78 Å². The number of carbonyl (C=O) groups is 3. The molecule has 0 aromatic heterocycles. The Morgan fingerprint density at radius 2 is 1.93 bits per heavy atom. The van der Waals surface area contributed by atoms with E-state index in [1.165, 1.54) is 12.1 Å². The van der Waals surface area contributed by atoms with Crippen molar-refractivity contribution >= 4 is 28.9 Å². The zero-order valence-electron chi connectivity index (χ0n) is 15.4. The largest absolute Gasteiger partial charge is 0.508 e. The molecule has 0 saturated heterocycles. The SMILES string of the molecule is [N-]=[N+]=Nc1ccc(O)c2c1CC1CC3CC(=O)C(C(N)=O)=C(O)[C@@]3(O)C(=O)C1=C2O. The first-order chi connectivity index (χ1) is 14.1. The number of rotatable bonds is 2. The number of aromatic hydroxyl groups is 1. The zero-order valence-corrected chi connectivity index (χ0v) is 15.4. The van der Waals surface area contributed by atoms with Crippen molar-refractivity contribution in [3.05, 3.63) is 50.6 Å². The molecule has 0 aliphatic heterocycles. The van der Waals surface area contributed by atoms with Crippen LogP contribution in [-0.4, -0.2) is 43.5 Å². The van der Waals surface area contributed by atoms with E-state index in [-0.39, 0.29) is 35.4 Å². The first kappa shape index (κ1) is 19.5. The smallest absolute Gasteiger partial charge is 0.255 e. The standard InChI is InChI=1S/C19H16N4O7/c20-18(29)14-11(25)5-7-3-6-4-8-9(22-23-21)1-2-10(24)13(8)15(26)12(6)16(27)19(7,30)17(14)28/h1-2,6-7,24,26,28,30H,3-5H2,(H2,20,29)/t6?,7?,19-/m0/s1. The molecule has 0 radical (unpaired) electrons. The molecule has 1 fully saturated rings. The third-order valence-corrected chi connectivity index (χ3v) is 6.07. The predicted molar refractivity (Wildman–Crippen MR) is 100 cm³/mol. The van der Waals surface area contributed by atoms with Gasteiger partial charge in [0.1, 0.15) is 22.8 Å². The van der Waals surface area contributed by atoms with E-state index in [9.17, 15) is 34.8 Å². The number of fused-ring (bicyclic) bond motifs is 3. The van der Waals surface area contributed by atoms with E-state index in [0.717, 1.165) is 0 Å². The van der Waals surface area contributed by atoms with Crippen LogP contribution in [0, 0.1) is 11.8 Å². The van der Waals surface area contributed by atoms with E-state index in [1.54, 1.807) is 0 Å². The molecule has 2 unspecified atom stereocenters. The van der Waals surface area contributed by atoms with Crippen molar-refractivity contribution in [1.29, 1.82) is 0 Å².